The van der Waals surface area contributed by atoms with E-state index >= 15 is 0 Å². The van der Waals surface area contributed by atoms with Crippen LogP contribution < -0.4 is 10.9 Å². The molecule has 0 saturated heterocycles. The summed E-state index contributed by atoms with van der Waals surface area (Å²) in [6, 6.07) is 14.9. The zero-order valence-corrected chi connectivity index (χ0v) is 16.5. The molecule has 29 heavy (non-hydrogen) atoms. The van der Waals surface area contributed by atoms with Crippen LogP contribution in [-0.2, 0) is 13.0 Å². The number of hydrogen-bond acceptors (Lipinski definition) is 4. The lowest BCUT2D eigenvalue weighted by atomic mass is 10.1. The lowest BCUT2D eigenvalue weighted by Crippen LogP contribution is -2.32. The summed E-state index contributed by atoms with van der Waals surface area (Å²) in [4.78, 5) is 33.3. The van der Waals surface area contributed by atoms with Gasteiger partial charge in [-0.05, 0) is 24.1 Å². The maximum absolute atomic E-state index is 12.9. The van der Waals surface area contributed by atoms with Crippen molar-refractivity contribution in [3.05, 3.63) is 70.4 Å². The predicted molar refractivity (Wildman–Crippen MR) is 113 cm³/mol. The summed E-state index contributed by atoms with van der Waals surface area (Å²) in [7, 11) is 0. The molecule has 0 aliphatic heterocycles. The first-order valence-electron chi connectivity index (χ1n) is 9.74. The third-order valence-corrected chi connectivity index (χ3v) is 4.71. The van der Waals surface area contributed by atoms with Crippen LogP contribution in [0.2, 0.25) is 0 Å². The Morgan fingerprint density at radius 2 is 1.83 bits per heavy atom. The molecule has 7 heteroatoms. The molecule has 2 heterocycles. The van der Waals surface area contributed by atoms with E-state index in [1.54, 1.807) is 24.3 Å². The van der Waals surface area contributed by atoms with Crippen molar-refractivity contribution in [2.45, 2.75) is 26.8 Å². The highest BCUT2D eigenvalue weighted by atomic mass is 16.2. The number of H-pyrrole nitrogens is 1. The second-order valence-corrected chi connectivity index (χ2v) is 7.48. The van der Waals surface area contributed by atoms with E-state index in [9.17, 15) is 9.59 Å². The van der Waals surface area contributed by atoms with Crippen molar-refractivity contribution < 1.29 is 4.79 Å². The Labute approximate surface area is 167 Å². The second kappa shape index (κ2) is 7.87. The van der Waals surface area contributed by atoms with Gasteiger partial charge in [-0.25, -0.2) is 9.67 Å². The molecule has 0 aliphatic rings. The van der Waals surface area contributed by atoms with Crippen LogP contribution in [0.25, 0.3) is 21.8 Å². The summed E-state index contributed by atoms with van der Waals surface area (Å²) in [6.45, 7) is 4.90. The van der Waals surface area contributed by atoms with Gasteiger partial charge in [0.15, 0.2) is 5.69 Å². The number of benzene rings is 2. The largest absolute Gasteiger partial charge is 0.350 e. The molecule has 4 rings (SSSR count). The van der Waals surface area contributed by atoms with Crippen LogP contribution >= 0.6 is 0 Å². The van der Waals surface area contributed by atoms with Gasteiger partial charge in [0.1, 0.15) is 5.82 Å². The maximum Gasteiger partial charge on any atom is 0.274 e. The van der Waals surface area contributed by atoms with Crippen molar-refractivity contribution >= 4 is 27.7 Å². The molecule has 0 radical (unpaired) electrons. The minimum atomic E-state index is -0.296. The van der Waals surface area contributed by atoms with E-state index in [1.807, 2.05) is 38.1 Å². The fourth-order valence-corrected chi connectivity index (χ4v) is 3.37. The van der Waals surface area contributed by atoms with Gasteiger partial charge in [-0.3, -0.25) is 9.59 Å². The normalized spacial score (nSPS) is 11.4. The summed E-state index contributed by atoms with van der Waals surface area (Å²) in [5.74, 6) is 0.759. The van der Waals surface area contributed by atoms with E-state index in [2.05, 4.69) is 20.4 Å². The Hall–Kier alpha value is -3.48. The van der Waals surface area contributed by atoms with Gasteiger partial charge in [0.25, 0.3) is 11.5 Å². The summed E-state index contributed by atoms with van der Waals surface area (Å²) in [5.41, 5.74) is 1.98. The first-order valence-corrected chi connectivity index (χ1v) is 9.74. The van der Waals surface area contributed by atoms with Crippen LogP contribution in [0.4, 0.5) is 0 Å². The Morgan fingerprint density at radius 3 is 2.59 bits per heavy atom. The van der Waals surface area contributed by atoms with Gasteiger partial charge in [0.05, 0.1) is 16.4 Å². The Morgan fingerprint density at radius 1 is 1.10 bits per heavy atom. The fraction of sp³-hybridized carbons (Fsp3) is 0.273. The van der Waals surface area contributed by atoms with Gasteiger partial charge in [-0.2, -0.15) is 5.10 Å². The number of carbonyl (C=O) groups excluding carboxylic acids is 1. The lowest BCUT2D eigenvalue weighted by Gasteiger charge is -2.12. The van der Waals surface area contributed by atoms with E-state index in [4.69, 9.17) is 0 Å². The van der Waals surface area contributed by atoms with Crippen molar-refractivity contribution in [3.8, 4) is 0 Å². The molecule has 7 nitrogen and oxygen atoms in total. The highest BCUT2D eigenvalue weighted by Crippen LogP contribution is 2.14. The van der Waals surface area contributed by atoms with Crippen molar-refractivity contribution in [1.29, 1.82) is 0 Å². The number of carbonyl (C=O) groups is 1. The van der Waals surface area contributed by atoms with Crippen LogP contribution in [0.15, 0.2) is 53.3 Å². The van der Waals surface area contributed by atoms with Gasteiger partial charge in [0, 0.05) is 24.9 Å². The van der Waals surface area contributed by atoms with Gasteiger partial charge in [-0.1, -0.05) is 44.2 Å². The minimum Gasteiger partial charge on any atom is -0.350 e. The zero-order valence-electron chi connectivity index (χ0n) is 16.5. The standard InChI is InChI=1S/C22H23N5O2/c1-14(2)13-27-22(29)16-8-4-3-7-15(16)20(26-27)21(28)23-12-11-19-24-17-9-5-6-10-18(17)25-19/h3-10,14H,11-13H2,1-2H3,(H,23,28)(H,24,25). The van der Waals surface area contributed by atoms with E-state index in [-0.39, 0.29) is 23.1 Å². The first kappa shape index (κ1) is 18.9. The molecule has 148 valence electrons. The average Bonchev–Trinajstić information content (AvgIpc) is 3.12. The van der Waals surface area contributed by atoms with E-state index < -0.39 is 0 Å². The van der Waals surface area contributed by atoms with Gasteiger partial charge in [0.2, 0.25) is 0 Å². The van der Waals surface area contributed by atoms with Crippen LogP contribution in [0, 0.1) is 5.92 Å². The molecule has 0 spiro atoms. The van der Waals surface area contributed by atoms with Crippen LogP contribution in [0.1, 0.15) is 30.2 Å². The predicted octanol–water partition coefficient (Wildman–Crippen LogP) is 2.90. The Bertz CT molecular complexity index is 1210. The summed E-state index contributed by atoms with van der Waals surface area (Å²) in [6.07, 6.45) is 0.573. The number of nitrogens with one attached hydrogen (secondary N) is 2. The smallest absolute Gasteiger partial charge is 0.274 e. The fourth-order valence-electron chi connectivity index (χ4n) is 3.37. The molecule has 2 N–H and O–H groups in total. The molecule has 1 amide bonds. The van der Waals surface area contributed by atoms with Crippen molar-refractivity contribution in [3.63, 3.8) is 0 Å². The molecule has 0 atom stereocenters. The minimum absolute atomic E-state index is 0.173. The van der Waals surface area contributed by atoms with Crippen molar-refractivity contribution in [2.24, 2.45) is 5.92 Å². The van der Waals surface area contributed by atoms with E-state index in [0.29, 0.717) is 30.3 Å². The molecule has 0 bridgehead atoms. The Kier molecular flexibility index (Phi) is 5.12. The molecular formula is C22H23N5O2. The van der Waals surface area contributed by atoms with Crippen LogP contribution in [0.5, 0.6) is 0 Å². The zero-order chi connectivity index (χ0) is 20.4. The van der Waals surface area contributed by atoms with E-state index in [1.165, 1.54) is 4.68 Å². The molecule has 4 aromatic rings. The molecule has 2 aromatic carbocycles. The number of imidazole rings is 1. The molecule has 0 aliphatic carbocycles. The van der Waals surface area contributed by atoms with Gasteiger partial charge < -0.3 is 10.3 Å². The molecular weight excluding hydrogens is 366 g/mol. The SMILES string of the molecule is CC(C)Cn1nc(C(=O)NCCc2nc3ccccc3[nH]2)c2ccccc2c1=O. The van der Waals surface area contributed by atoms with Crippen LogP contribution in [0.3, 0.4) is 0 Å². The maximum atomic E-state index is 12.9. The third-order valence-electron chi connectivity index (χ3n) is 4.71. The second-order valence-electron chi connectivity index (χ2n) is 7.48. The summed E-state index contributed by atoms with van der Waals surface area (Å²) < 4.78 is 1.39. The third kappa shape index (κ3) is 3.89. The first-order chi connectivity index (χ1) is 14.0. The molecule has 0 fully saturated rings. The van der Waals surface area contributed by atoms with Gasteiger partial charge in [-0.15, -0.1) is 0 Å². The monoisotopic (exact) mass is 389 g/mol. The quantitative estimate of drug-likeness (QED) is 0.530. The van der Waals surface area contributed by atoms with E-state index in [0.717, 1.165) is 16.9 Å². The number of nitrogens with zero attached hydrogens (tertiary/aromatic N) is 3. The van der Waals surface area contributed by atoms with Crippen LogP contribution in [-0.4, -0.2) is 32.2 Å². The highest BCUT2D eigenvalue weighted by Gasteiger charge is 2.17. The summed E-state index contributed by atoms with van der Waals surface area (Å²) in [5, 5.41) is 8.35. The number of fused-ring (bicyclic) bond motifs is 2. The number of hydrogen-bond donors (Lipinski definition) is 2. The molecule has 0 unspecified atom stereocenters. The van der Waals surface area contributed by atoms with Gasteiger partial charge >= 0.3 is 0 Å². The number of aromatic amines is 1. The Balaban J connectivity index is 1.55. The number of para-hydroxylation sites is 2. The summed E-state index contributed by atoms with van der Waals surface area (Å²) >= 11 is 0. The number of aromatic nitrogens is 4. The average molecular weight is 389 g/mol. The highest BCUT2D eigenvalue weighted by molar-refractivity contribution is 6.04. The molecule has 2 aromatic heterocycles. The van der Waals surface area contributed by atoms with Crippen molar-refractivity contribution in [1.82, 2.24) is 25.1 Å². The van der Waals surface area contributed by atoms with Crippen molar-refractivity contribution in [2.75, 3.05) is 6.54 Å². The topological polar surface area (TPSA) is 92.7 Å². The molecule has 0 saturated carbocycles. The number of amides is 1. The number of rotatable bonds is 6. The lowest BCUT2D eigenvalue weighted by molar-refractivity contribution is 0.0948.